The first-order valence-corrected chi connectivity index (χ1v) is 9.92. The van der Waals surface area contributed by atoms with Gasteiger partial charge in [0.2, 0.25) is 0 Å². The molecule has 0 unspecified atom stereocenters. The molecule has 24 heavy (non-hydrogen) atoms. The number of nitrogen functional groups attached to an aromatic ring is 1. The zero-order valence-corrected chi connectivity index (χ0v) is 14.9. The number of thioether (sulfide) groups is 1. The van der Waals surface area contributed by atoms with Crippen molar-refractivity contribution < 1.29 is 9.66 Å². The van der Waals surface area contributed by atoms with Gasteiger partial charge in [-0.2, -0.15) is 0 Å². The van der Waals surface area contributed by atoms with Gasteiger partial charge in [0.15, 0.2) is 0 Å². The summed E-state index contributed by atoms with van der Waals surface area (Å²) in [5, 5.41) is 11.8. The zero-order chi connectivity index (χ0) is 16.9. The summed E-state index contributed by atoms with van der Waals surface area (Å²) in [6.07, 6.45) is 12.1. The molecule has 0 aromatic heterocycles. The molecule has 0 bridgehead atoms. The summed E-state index contributed by atoms with van der Waals surface area (Å²) in [5.74, 6) is 0.651. The van der Waals surface area contributed by atoms with Gasteiger partial charge >= 0.3 is 0 Å². The van der Waals surface area contributed by atoms with Crippen LogP contribution in [0.15, 0.2) is 17.0 Å². The van der Waals surface area contributed by atoms with E-state index in [1.165, 1.54) is 57.4 Å². The van der Waals surface area contributed by atoms with E-state index in [0.29, 0.717) is 11.0 Å². The minimum Gasteiger partial charge on any atom is -0.489 e. The maximum atomic E-state index is 11.2. The largest absolute Gasteiger partial charge is 0.489 e. The van der Waals surface area contributed by atoms with Crippen molar-refractivity contribution in [3.8, 4) is 5.75 Å². The van der Waals surface area contributed by atoms with Gasteiger partial charge in [-0.25, -0.2) is 0 Å². The molecule has 0 saturated heterocycles. The van der Waals surface area contributed by atoms with Crippen LogP contribution in [-0.4, -0.2) is 16.3 Å². The van der Waals surface area contributed by atoms with Crippen molar-refractivity contribution >= 4 is 23.1 Å². The summed E-state index contributed by atoms with van der Waals surface area (Å²) in [5.41, 5.74) is 6.10. The van der Waals surface area contributed by atoms with Gasteiger partial charge in [0, 0.05) is 5.25 Å². The Balaban J connectivity index is 1.83. The standard InChI is InChI=1S/C18H26N2O3S/c19-15-11-18(24-14-9-5-2-6-10-14)17(12-16(15)20(21)22)23-13-7-3-1-4-8-13/h11-14H,1-10,19H2. The molecule has 0 spiro atoms. The molecule has 0 aliphatic heterocycles. The van der Waals surface area contributed by atoms with Crippen LogP contribution in [0.5, 0.6) is 5.75 Å². The van der Waals surface area contributed by atoms with E-state index < -0.39 is 4.92 Å². The zero-order valence-electron chi connectivity index (χ0n) is 14.0. The maximum absolute atomic E-state index is 11.2. The van der Waals surface area contributed by atoms with E-state index in [0.717, 1.165) is 17.7 Å². The topological polar surface area (TPSA) is 78.4 Å². The molecule has 2 fully saturated rings. The lowest BCUT2D eigenvalue weighted by Crippen LogP contribution is -2.20. The molecule has 3 rings (SSSR count). The fourth-order valence-electron chi connectivity index (χ4n) is 3.63. The van der Waals surface area contributed by atoms with Crippen molar-refractivity contribution in [2.24, 2.45) is 0 Å². The third-order valence-corrected chi connectivity index (χ3v) is 6.36. The average molecular weight is 350 g/mol. The van der Waals surface area contributed by atoms with Crippen molar-refractivity contribution in [3.05, 3.63) is 22.2 Å². The second-order valence-corrected chi connectivity index (χ2v) is 8.21. The molecule has 0 amide bonds. The van der Waals surface area contributed by atoms with Crippen LogP contribution in [0, 0.1) is 10.1 Å². The van der Waals surface area contributed by atoms with Gasteiger partial charge in [0.1, 0.15) is 11.4 Å². The van der Waals surface area contributed by atoms with E-state index in [4.69, 9.17) is 10.5 Å². The van der Waals surface area contributed by atoms with Crippen molar-refractivity contribution in [1.82, 2.24) is 0 Å². The quantitative estimate of drug-likeness (QED) is 0.442. The van der Waals surface area contributed by atoms with Crippen LogP contribution in [0.4, 0.5) is 11.4 Å². The molecule has 2 N–H and O–H groups in total. The van der Waals surface area contributed by atoms with E-state index >= 15 is 0 Å². The molecule has 6 heteroatoms. The van der Waals surface area contributed by atoms with E-state index in [1.54, 1.807) is 17.8 Å². The number of nitro groups is 1. The molecular formula is C18H26N2O3S. The number of rotatable bonds is 5. The smallest absolute Gasteiger partial charge is 0.295 e. The summed E-state index contributed by atoms with van der Waals surface area (Å²) in [4.78, 5) is 11.8. The summed E-state index contributed by atoms with van der Waals surface area (Å²) in [6.45, 7) is 0. The lowest BCUT2D eigenvalue weighted by Gasteiger charge is -2.26. The van der Waals surface area contributed by atoms with Crippen LogP contribution >= 0.6 is 11.8 Å². The molecule has 5 nitrogen and oxygen atoms in total. The molecular weight excluding hydrogens is 324 g/mol. The fraction of sp³-hybridized carbons (Fsp3) is 0.667. The van der Waals surface area contributed by atoms with Gasteiger partial charge in [0.05, 0.1) is 22.0 Å². The number of nitrogens with two attached hydrogens (primary N) is 1. The first-order valence-electron chi connectivity index (χ1n) is 9.04. The number of hydrogen-bond acceptors (Lipinski definition) is 5. The minimum atomic E-state index is -0.419. The van der Waals surface area contributed by atoms with E-state index in [-0.39, 0.29) is 17.5 Å². The highest BCUT2D eigenvalue weighted by Crippen LogP contribution is 2.43. The first-order chi connectivity index (χ1) is 11.6. The van der Waals surface area contributed by atoms with E-state index in [2.05, 4.69) is 0 Å². The summed E-state index contributed by atoms with van der Waals surface area (Å²) >= 11 is 1.79. The normalized spacial score (nSPS) is 20.0. The maximum Gasteiger partial charge on any atom is 0.295 e. The lowest BCUT2D eigenvalue weighted by molar-refractivity contribution is -0.384. The molecule has 132 valence electrons. The van der Waals surface area contributed by atoms with Crippen LogP contribution in [0.25, 0.3) is 0 Å². The monoisotopic (exact) mass is 350 g/mol. The predicted molar refractivity (Wildman–Crippen MR) is 97.7 cm³/mol. The molecule has 2 saturated carbocycles. The van der Waals surface area contributed by atoms with Crippen molar-refractivity contribution in [2.45, 2.75) is 80.5 Å². The number of nitro benzene ring substituents is 1. The van der Waals surface area contributed by atoms with E-state index in [9.17, 15) is 10.1 Å². The molecule has 0 atom stereocenters. The van der Waals surface area contributed by atoms with Gasteiger partial charge in [-0.1, -0.05) is 25.7 Å². The second-order valence-electron chi connectivity index (χ2n) is 6.87. The predicted octanol–water partition coefficient (Wildman–Crippen LogP) is 5.31. The highest BCUT2D eigenvalue weighted by Gasteiger charge is 2.24. The van der Waals surface area contributed by atoms with Crippen LogP contribution in [0.3, 0.4) is 0 Å². The molecule has 2 aliphatic rings. The van der Waals surface area contributed by atoms with Gasteiger partial charge < -0.3 is 10.5 Å². The fourth-order valence-corrected chi connectivity index (χ4v) is 4.98. The van der Waals surface area contributed by atoms with Gasteiger partial charge in [-0.3, -0.25) is 10.1 Å². The van der Waals surface area contributed by atoms with Gasteiger partial charge in [0.25, 0.3) is 5.69 Å². The Labute approximate surface area is 147 Å². The van der Waals surface area contributed by atoms with Crippen LogP contribution < -0.4 is 10.5 Å². The number of ether oxygens (including phenoxy) is 1. The molecule has 0 heterocycles. The third-order valence-electron chi connectivity index (χ3n) is 4.98. The van der Waals surface area contributed by atoms with Gasteiger partial charge in [-0.05, 0) is 44.6 Å². The molecule has 0 radical (unpaired) electrons. The number of anilines is 1. The molecule has 1 aromatic carbocycles. The highest BCUT2D eigenvalue weighted by atomic mass is 32.2. The Morgan fingerprint density at radius 3 is 2.29 bits per heavy atom. The Kier molecular flexibility index (Phi) is 5.87. The Bertz CT molecular complexity index is 582. The minimum absolute atomic E-state index is 0.0474. The Morgan fingerprint density at radius 2 is 1.67 bits per heavy atom. The summed E-state index contributed by atoms with van der Waals surface area (Å²) in [7, 11) is 0. The van der Waals surface area contributed by atoms with Crippen molar-refractivity contribution in [3.63, 3.8) is 0 Å². The number of hydrogen-bond donors (Lipinski definition) is 1. The van der Waals surface area contributed by atoms with E-state index in [1.807, 2.05) is 0 Å². The molecule has 1 aromatic rings. The summed E-state index contributed by atoms with van der Waals surface area (Å²) < 4.78 is 6.19. The lowest BCUT2D eigenvalue weighted by atomic mass is 9.98. The van der Waals surface area contributed by atoms with Crippen LogP contribution in [0.2, 0.25) is 0 Å². The number of nitrogens with zero attached hydrogens (tertiary/aromatic N) is 1. The Morgan fingerprint density at radius 1 is 1.04 bits per heavy atom. The van der Waals surface area contributed by atoms with Crippen molar-refractivity contribution in [2.75, 3.05) is 5.73 Å². The van der Waals surface area contributed by atoms with Crippen LogP contribution in [-0.2, 0) is 0 Å². The van der Waals surface area contributed by atoms with Crippen molar-refractivity contribution in [1.29, 1.82) is 0 Å². The average Bonchev–Trinajstić information content (AvgIpc) is 2.59. The van der Waals surface area contributed by atoms with Crippen LogP contribution in [0.1, 0.15) is 64.2 Å². The third kappa shape index (κ3) is 4.35. The second kappa shape index (κ2) is 8.10. The first kappa shape index (κ1) is 17.4. The highest BCUT2D eigenvalue weighted by molar-refractivity contribution is 8.00. The Hall–Kier alpha value is -1.43. The molecule has 2 aliphatic carbocycles. The van der Waals surface area contributed by atoms with Gasteiger partial charge in [-0.15, -0.1) is 11.8 Å². The SMILES string of the molecule is Nc1cc(SC2CCCCC2)c(OC2CCCCC2)cc1[N+](=O)[O-]. The number of benzene rings is 1. The summed E-state index contributed by atoms with van der Waals surface area (Å²) in [6, 6.07) is 3.28.